The maximum absolute atomic E-state index is 12.2. The van der Waals surface area contributed by atoms with Gasteiger partial charge in [0.15, 0.2) is 6.10 Å². The van der Waals surface area contributed by atoms with E-state index in [0.29, 0.717) is 22.0 Å². The number of nitrogens with zero attached hydrogens (tertiary/aromatic N) is 2. The van der Waals surface area contributed by atoms with E-state index in [2.05, 4.69) is 4.98 Å². The quantitative estimate of drug-likeness (QED) is 0.322. The minimum absolute atomic E-state index is 0.00591. The van der Waals surface area contributed by atoms with Crippen LogP contribution in [0.15, 0.2) is 53.4 Å². The van der Waals surface area contributed by atoms with Crippen LogP contribution in [0.25, 0.3) is 10.9 Å². The van der Waals surface area contributed by atoms with Gasteiger partial charge >= 0.3 is 5.97 Å². The highest BCUT2D eigenvalue weighted by Crippen LogP contribution is 2.25. The minimum atomic E-state index is -0.802. The van der Waals surface area contributed by atoms with E-state index in [1.165, 1.54) is 0 Å². The molecule has 5 nitrogen and oxygen atoms in total. The van der Waals surface area contributed by atoms with Gasteiger partial charge in [-0.15, -0.1) is 11.8 Å². The fourth-order valence-corrected chi connectivity index (χ4v) is 3.16. The number of nitriles is 1. The molecule has 3 rings (SSSR count). The number of benzene rings is 2. The Bertz CT molecular complexity index is 1050. The van der Waals surface area contributed by atoms with E-state index >= 15 is 0 Å². The molecule has 0 aliphatic heterocycles. The maximum Gasteiger partial charge on any atom is 0.347 e. The number of halogens is 1. The van der Waals surface area contributed by atoms with Gasteiger partial charge in [0.25, 0.3) is 0 Å². The van der Waals surface area contributed by atoms with Crippen molar-refractivity contribution in [2.45, 2.75) is 24.5 Å². The van der Waals surface area contributed by atoms with E-state index in [9.17, 15) is 4.79 Å². The number of carbonyl (C=O) groups is 1. The number of carbonyl (C=O) groups excluding carboxylic acids is 1. The first kappa shape index (κ1) is 20.0. The lowest BCUT2D eigenvalue weighted by molar-refractivity contribution is -0.152. The molecule has 0 fully saturated rings. The first-order valence-corrected chi connectivity index (χ1v) is 10.1. The van der Waals surface area contributed by atoms with Crippen molar-refractivity contribution in [2.24, 2.45) is 0 Å². The summed E-state index contributed by atoms with van der Waals surface area (Å²) in [7, 11) is 0. The van der Waals surface area contributed by atoms with Gasteiger partial charge < -0.3 is 9.47 Å². The third-order valence-electron chi connectivity index (χ3n) is 4.05. The van der Waals surface area contributed by atoms with Gasteiger partial charge in [-0.2, -0.15) is 5.26 Å². The number of esters is 1. The van der Waals surface area contributed by atoms with Gasteiger partial charge in [-0.1, -0.05) is 17.7 Å². The molecule has 0 saturated carbocycles. The first-order chi connectivity index (χ1) is 13.5. The van der Waals surface area contributed by atoms with Crippen molar-refractivity contribution < 1.29 is 14.3 Å². The minimum Gasteiger partial charge on any atom is -0.479 e. The zero-order chi connectivity index (χ0) is 20.1. The maximum atomic E-state index is 12.2. The van der Waals surface area contributed by atoms with Crippen molar-refractivity contribution in [3.63, 3.8) is 0 Å². The molecule has 7 heteroatoms. The topological polar surface area (TPSA) is 72.2 Å². The lowest BCUT2D eigenvalue weighted by Crippen LogP contribution is -2.26. The Hall–Kier alpha value is -2.75. The smallest absolute Gasteiger partial charge is 0.347 e. The van der Waals surface area contributed by atoms with Gasteiger partial charge in [0.1, 0.15) is 17.5 Å². The Kier molecular flexibility index (Phi) is 6.40. The second kappa shape index (κ2) is 8.96. The number of aromatic nitrogens is 1. The summed E-state index contributed by atoms with van der Waals surface area (Å²) in [5.41, 5.74) is 1.94. The van der Waals surface area contributed by atoms with Crippen LogP contribution in [0.3, 0.4) is 0 Å². The van der Waals surface area contributed by atoms with Crippen LogP contribution in [-0.2, 0) is 16.1 Å². The SMILES string of the molecule is CSc1ccc2cc(COC(=O)[C@H](C)Oc3ccc(C#N)cc3)c(Cl)nc2c1. The Labute approximate surface area is 172 Å². The molecule has 1 heterocycles. The molecular formula is C21H17ClN2O3S. The molecule has 0 bridgehead atoms. The summed E-state index contributed by atoms with van der Waals surface area (Å²) in [6, 6.07) is 16.3. The molecule has 2 aromatic carbocycles. The van der Waals surface area contributed by atoms with Crippen molar-refractivity contribution >= 4 is 40.2 Å². The molecule has 28 heavy (non-hydrogen) atoms. The molecule has 0 amide bonds. The Morgan fingerprint density at radius 3 is 2.68 bits per heavy atom. The molecule has 0 spiro atoms. The highest BCUT2D eigenvalue weighted by atomic mass is 35.5. The van der Waals surface area contributed by atoms with Crippen LogP contribution in [0.5, 0.6) is 5.75 Å². The van der Waals surface area contributed by atoms with Crippen molar-refractivity contribution in [2.75, 3.05) is 6.26 Å². The molecule has 142 valence electrons. The summed E-state index contributed by atoms with van der Waals surface area (Å²) in [4.78, 5) is 17.7. The number of pyridine rings is 1. The van der Waals surface area contributed by atoms with Crippen LogP contribution < -0.4 is 4.74 Å². The molecule has 1 aromatic heterocycles. The number of ether oxygens (including phenoxy) is 2. The van der Waals surface area contributed by atoms with Crippen LogP contribution in [0.2, 0.25) is 5.15 Å². The molecule has 0 aliphatic carbocycles. The molecule has 0 unspecified atom stereocenters. The van der Waals surface area contributed by atoms with Crippen LogP contribution in [0.1, 0.15) is 18.1 Å². The van der Waals surface area contributed by atoms with E-state index in [-0.39, 0.29) is 6.61 Å². The van der Waals surface area contributed by atoms with Crippen molar-refractivity contribution in [1.29, 1.82) is 5.26 Å². The number of thioether (sulfide) groups is 1. The molecule has 0 saturated heterocycles. The highest BCUT2D eigenvalue weighted by Gasteiger charge is 2.17. The average Bonchev–Trinajstić information content (AvgIpc) is 2.72. The Balaban J connectivity index is 1.64. The van der Waals surface area contributed by atoms with Gasteiger partial charge in [0.2, 0.25) is 0 Å². The molecule has 0 radical (unpaired) electrons. The third kappa shape index (κ3) is 4.75. The Morgan fingerprint density at radius 1 is 1.25 bits per heavy atom. The predicted molar refractivity (Wildman–Crippen MR) is 110 cm³/mol. The van der Waals surface area contributed by atoms with Crippen molar-refractivity contribution in [1.82, 2.24) is 4.98 Å². The summed E-state index contributed by atoms with van der Waals surface area (Å²) < 4.78 is 10.9. The normalized spacial score (nSPS) is 11.6. The third-order valence-corrected chi connectivity index (χ3v) is 5.10. The van der Waals surface area contributed by atoms with Gasteiger partial charge in [-0.25, -0.2) is 9.78 Å². The number of rotatable bonds is 6. The predicted octanol–water partition coefficient (Wildman–Crippen LogP) is 4.99. The second-order valence-electron chi connectivity index (χ2n) is 6.00. The van der Waals surface area contributed by atoms with E-state index in [1.54, 1.807) is 43.0 Å². The standard InChI is InChI=1S/C21H17ClN2O3S/c1-13(27-17-6-3-14(11-23)4-7-17)21(25)26-12-16-9-15-5-8-18(28-2)10-19(15)24-20(16)22/h3-10,13H,12H2,1-2H3/t13-/m0/s1. The average molecular weight is 413 g/mol. The van der Waals surface area contributed by atoms with Crippen LogP contribution >= 0.6 is 23.4 Å². The van der Waals surface area contributed by atoms with Crippen molar-refractivity contribution in [3.05, 3.63) is 64.8 Å². The van der Waals surface area contributed by atoms with E-state index in [1.807, 2.05) is 36.6 Å². The first-order valence-electron chi connectivity index (χ1n) is 8.47. The van der Waals surface area contributed by atoms with E-state index in [0.717, 1.165) is 15.8 Å². The second-order valence-corrected chi connectivity index (χ2v) is 7.24. The molecule has 1 atom stereocenters. The summed E-state index contributed by atoms with van der Waals surface area (Å²) >= 11 is 7.88. The summed E-state index contributed by atoms with van der Waals surface area (Å²) in [6.07, 6.45) is 1.20. The van der Waals surface area contributed by atoms with Gasteiger partial charge in [-0.3, -0.25) is 0 Å². The van der Waals surface area contributed by atoms with Crippen LogP contribution in [0.4, 0.5) is 0 Å². The fraction of sp³-hybridized carbons (Fsp3) is 0.190. The van der Waals surface area contributed by atoms with Crippen LogP contribution in [-0.4, -0.2) is 23.3 Å². The largest absolute Gasteiger partial charge is 0.479 e. The van der Waals surface area contributed by atoms with Gasteiger partial charge in [0.05, 0.1) is 17.1 Å². The van der Waals surface area contributed by atoms with Gasteiger partial charge in [0, 0.05) is 15.8 Å². The van der Waals surface area contributed by atoms with E-state index < -0.39 is 12.1 Å². The lowest BCUT2D eigenvalue weighted by Gasteiger charge is -2.14. The number of hydrogen-bond acceptors (Lipinski definition) is 6. The summed E-state index contributed by atoms with van der Waals surface area (Å²) in [5, 5.41) is 10.0. The monoisotopic (exact) mass is 412 g/mol. The van der Waals surface area contributed by atoms with Crippen molar-refractivity contribution in [3.8, 4) is 11.8 Å². The highest BCUT2D eigenvalue weighted by molar-refractivity contribution is 7.98. The summed E-state index contributed by atoms with van der Waals surface area (Å²) in [6.45, 7) is 1.61. The summed E-state index contributed by atoms with van der Waals surface area (Å²) in [5.74, 6) is -0.0308. The van der Waals surface area contributed by atoms with E-state index in [4.69, 9.17) is 26.3 Å². The Morgan fingerprint density at radius 2 is 2.00 bits per heavy atom. The molecule has 0 N–H and O–H groups in total. The van der Waals surface area contributed by atoms with Gasteiger partial charge in [-0.05, 0) is 55.6 Å². The lowest BCUT2D eigenvalue weighted by atomic mass is 10.1. The molecular weight excluding hydrogens is 396 g/mol. The zero-order valence-corrected chi connectivity index (χ0v) is 16.9. The molecule has 0 aliphatic rings. The van der Waals surface area contributed by atoms with Crippen LogP contribution in [0, 0.1) is 11.3 Å². The molecule has 3 aromatic rings. The number of hydrogen-bond donors (Lipinski definition) is 0. The number of fused-ring (bicyclic) bond motifs is 1. The fourth-order valence-electron chi connectivity index (χ4n) is 2.52. The zero-order valence-electron chi connectivity index (χ0n) is 15.3.